The standard InChI is InChI=1S/C9H13N3O4/c1-16-7(9(14)15)5-10-8(13)6-12-4-2-3-11-12/h2-4,7H,5-6H2,1H3,(H,10,13)(H,14,15). The summed E-state index contributed by atoms with van der Waals surface area (Å²) in [6, 6.07) is 1.70. The molecule has 0 aliphatic carbocycles. The van der Waals surface area contributed by atoms with Crippen molar-refractivity contribution in [3.8, 4) is 0 Å². The number of carboxylic acids is 1. The fourth-order valence-corrected chi connectivity index (χ4v) is 1.08. The quantitative estimate of drug-likeness (QED) is 0.656. The van der Waals surface area contributed by atoms with Gasteiger partial charge < -0.3 is 15.2 Å². The van der Waals surface area contributed by atoms with Gasteiger partial charge in [-0.15, -0.1) is 0 Å². The Morgan fingerprint density at radius 3 is 2.88 bits per heavy atom. The molecular weight excluding hydrogens is 214 g/mol. The summed E-state index contributed by atoms with van der Waals surface area (Å²) < 4.78 is 6.10. The number of nitrogens with zero attached hydrogens (tertiary/aromatic N) is 2. The number of carboxylic acid groups (broad SMARTS) is 1. The molecule has 1 rings (SSSR count). The molecule has 1 aromatic heterocycles. The van der Waals surface area contributed by atoms with Crippen molar-refractivity contribution in [3.05, 3.63) is 18.5 Å². The van der Waals surface area contributed by atoms with Crippen LogP contribution in [0.1, 0.15) is 0 Å². The molecule has 0 spiro atoms. The molecule has 1 atom stereocenters. The summed E-state index contributed by atoms with van der Waals surface area (Å²) >= 11 is 0. The van der Waals surface area contributed by atoms with E-state index in [0.29, 0.717) is 0 Å². The molecule has 0 aromatic carbocycles. The number of carbonyl (C=O) groups excluding carboxylic acids is 1. The molecule has 1 amide bonds. The number of methoxy groups -OCH3 is 1. The van der Waals surface area contributed by atoms with Gasteiger partial charge in [0.25, 0.3) is 0 Å². The Morgan fingerprint density at radius 1 is 1.62 bits per heavy atom. The minimum atomic E-state index is -1.11. The highest BCUT2D eigenvalue weighted by Crippen LogP contribution is 1.89. The zero-order chi connectivity index (χ0) is 12.0. The van der Waals surface area contributed by atoms with Crippen molar-refractivity contribution in [2.24, 2.45) is 0 Å². The first kappa shape index (κ1) is 12.2. The van der Waals surface area contributed by atoms with Crippen molar-refractivity contribution in [3.63, 3.8) is 0 Å². The van der Waals surface area contributed by atoms with E-state index in [2.05, 4.69) is 15.2 Å². The monoisotopic (exact) mass is 227 g/mol. The first-order valence-electron chi connectivity index (χ1n) is 4.63. The number of hydrogen-bond donors (Lipinski definition) is 2. The third kappa shape index (κ3) is 3.70. The molecule has 16 heavy (non-hydrogen) atoms. The van der Waals surface area contributed by atoms with E-state index in [1.165, 1.54) is 11.8 Å². The van der Waals surface area contributed by atoms with Gasteiger partial charge in [0.1, 0.15) is 6.54 Å². The van der Waals surface area contributed by atoms with Gasteiger partial charge in [0.15, 0.2) is 6.10 Å². The van der Waals surface area contributed by atoms with E-state index < -0.39 is 12.1 Å². The minimum Gasteiger partial charge on any atom is -0.479 e. The fourth-order valence-electron chi connectivity index (χ4n) is 1.08. The largest absolute Gasteiger partial charge is 0.479 e. The van der Waals surface area contributed by atoms with E-state index in [9.17, 15) is 9.59 Å². The average Bonchev–Trinajstić information content (AvgIpc) is 2.70. The van der Waals surface area contributed by atoms with Crippen molar-refractivity contribution in [2.45, 2.75) is 12.6 Å². The maximum atomic E-state index is 11.3. The molecule has 1 unspecified atom stereocenters. The zero-order valence-electron chi connectivity index (χ0n) is 8.79. The zero-order valence-corrected chi connectivity index (χ0v) is 8.79. The van der Waals surface area contributed by atoms with Crippen LogP contribution in [0.2, 0.25) is 0 Å². The number of amides is 1. The van der Waals surface area contributed by atoms with Gasteiger partial charge in [0, 0.05) is 19.5 Å². The van der Waals surface area contributed by atoms with Crippen molar-refractivity contribution in [2.75, 3.05) is 13.7 Å². The van der Waals surface area contributed by atoms with Crippen molar-refractivity contribution >= 4 is 11.9 Å². The molecule has 0 radical (unpaired) electrons. The highest BCUT2D eigenvalue weighted by atomic mass is 16.5. The van der Waals surface area contributed by atoms with Crippen LogP contribution in [0.15, 0.2) is 18.5 Å². The van der Waals surface area contributed by atoms with Crippen LogP contribution in [-0.2, 0) is 20.9 Å². The van der Waals surface area contributed by atoms with Crippen LogP contribution in [0.5, 0.6) is 0 Å². The lowest BCUT2D eigenvalue weighted by molar-refractivity contribution is -0.148. The molecule has 0 aliphatic rings. The molecule has 2 N–H and O–H groups in total. The van der Waals surface area contributed by atoms with Gasteiger partial charge in [-0.3, -0.25) is 9.48 Å². The lowest BCUT2D eigenvalue weighted by atomic mass is 10.3. The molecule has 88 valence electrons. The van der Waals surface area contributed by atoms with Crippen LogP contribution < -0.4 is 5.32 Å². The van der Waals surface area contributed by atoms with Crippen molar-refractivity contribution in [1.29, 1.82) is 0 Å². The van der Waals surface area contributed by atoms with Crippen LogP contribution in [0.4, 0.5) is 0 Å². The molecule has 7 nitrogen and oxygen atoms in total. The Morgan fingerprint density at radius 2 is 2.38 bits per heavy atom. The second-order valence-corrected chi connectivity index (χ2v) is 3.07. The summed E-state index contributed by atoms with van der Waals surface area (Å²) in [7, 11) is 1.28. The summed E-state index contributed by atoms with van der Waals surface area (Å²) in [6.07, 6.45) is 2.18. The van der Waals surface area contributed by atoms with Gasteiger partial charge >= 0.3 is 5.97 Å². The van der Waals surface area contributed by atoms with E-state index in [1.54, 1.807) is 18.5 Å². The van der Waals surface area contributed by atoms with E-state index in [-0.39, 0.29) is 19.0 Å². The molecule has 0 fully saturated rings. The van der Waals surface area contributed by atoms with Gasteiger partial charge in [-0.2, -0.15) is 5.10 Å². The summed E-state index contributed by atoms with van der Waals surface area (Å²) in [6.45, 7) is -0.00497. The van der Waals surface area contributed by atoms with E-state index in [1.807, 2.05) is 0 Å². The summed E-state index contributed by atoms with van der Waals surface area (Å²) in [4.78, 5) is 21.9. The number of aliphatic carboxylic acids is 1. The SMILES string of the molecule is COC(CNC(=O)Cn1cccn1)C(=O)O. The number of hydrogen-bond acceptors (Lipinski definition) is 4. The molecule has 7 heteroatoms. The van der Waals surface area contributed by atoms with Crippen LogP contribution in [-0.4, -0.2) is 46.5 Å². The molecule has 0 bridgehead atoms. The van der Waals surface area contributed by atoms with Crippen molar-refractivity contribution < 1.29 is 19.4 Å². The Kier molecular flexibility index (Phi) is 4.46. The van der Waals surface area contributed by atoms with E-state index in [0.717, 1.165) is 0 Å². The fraction of sp³-hybridized carbons (Fsp3) is 0.444. The van der Waals surface area contributed by atoms with Crippen LogP contribution in [0.25, 0.3) is 0 Å². The highest BCUT2D eigenvalue weighted by Gasteiger charge is 2.16. The van der Waals surface area contributed by atoms with Gasteiger partial charge in [-0.1, -0.05) is 0 Å². The molecule has 0 saturated heterocycles. The second kappa shape index (κ2) is 5.86. The number of rotatable bonds is 6. The van der Waals surface area contributed by atoms with Gasteiger partial charge in [-0.25, -0.2) is 4.79 Å². The number of carbonyl (C=O) groups is 2. The summed E-state index contributed by atoms with van der Waals surface area (Å²) in [5.41, 5.74) is 0. The number of ether oxygens (including phenoxy) is 1. The average molecular weight is 227 g/mol. The van der Waals surface area contributed by atoms with Crippen LogP contribution >= 0.6 is 0 Å². The smallest absolute Gasteiger partial charge is 0.334 e. The minimum absolute atomic E-state index is 0.0586. The van der Waals surface area contributed by atoms with Crippen LogP contribution in [0.3, 0.4) is 0 Å². The topological polar surface area (TPSA) is 93.5 Å². The molecule has 1 aromatic rings. The molecule has 0 aliphatic heterocycles. The van der Waals surface area contributed by atoms with Crippen LogP contribution in [0, 0.1) is 0 Å². The van der Waals surface area contributed by atoms with E-state index in [4.69, 9.17) is 5.11 Å². The normalized spacial score (nSPS) is 12.1. The second-order valence-electron chi connectivity index (χ2n) is 3.07. The third-order valence-corrected chi connectivity index (χ3v) is 1.91. The lowest BCUT2D eigenvalue weighted by Crippen LogP contribution is -2.39. The first-order chi connectivity index (χ1) is 7.63. The maximum Gasteiger partial charge on any atom is 0.334 e. The molecule has 0 saturated carbocycles. The third-order valence-electron chi connectivity index (χ3n) is 1.91. The predicted octanol–water partition coefficient (Wildman–Crippen LogP) is -0.901. The lowest BCUT2D eigenvalue weighted by Gasteiger charge is -2.11. The Labute approximate surface area is 92.0 Å². The van der Waals surface area contributed by atoms with E-state index >= 15 is 0 Å². The Bertz CT molecular complexity index is 350. The first-order valence-corrected chi connectivity index (χ1v) is 4.63. The molecule has 1 heterocycles. The van der Waals surface area contributed by atoms with Gasteiger partial charge in [-0.05, 0) is 6.07 Å². The summed E-state index contributed by atoms with van der Waals surface area (Å²) in [5.74, 6) is -1.42. The predicted molar refractivity (Wildman–Crippen MR) is 53.7 cm³/mol. The number of aromatic nitrogens is 2. The Balaban J connectivity index is 2.32. The maximum absolute atomic E-state index is 11.3. The summed E-state index contributed by atoms with van der Waals surface area (Å²) in [5, 5.41) is 14.9. The Hall–Kier alpha value is -1.89. The molecular formula is C9H13N3O4. The number of nitrogens with one attached hydrogen (secondary N) is 1. The van der Waals surface area contributed by atoms with Crippen molar-refractivity contribution in [1.82, 2.24) is 15.1 Å². The van der Waals surface area contributed by atoms with Gasteiger partial charge in [0.05, 0.1) is 6.54 Å². The van der Waals surface area contributed by atoms with Gasteiger partial charge in [0.2, 0.25) is 5.91 Å². The highest BCUT2D eigenvalue weighted by molar-refractivity contribution is 5.77.